The molecule has 0 fully saturated rings. The Balaban J connectivity index is 3.31. The van der Waals surface area contributed by atoms with E-state index in [1.54, 1.807) is 20.8 Å². The molecule has 0 heterocycles. The zero-order chi connectivity index (χ0) is 26.1. The SMILES string of the molecule is CCCCNC(=O)C(c1c(C)cccc1C)N(C)C(=O)C(CCC(N)=O)NC(=O)OC(C)(C)C. The molecule has 34 heavy (non-hydrogen) atoms. The van der Waals surface area contributed by atoms with E-state index in [-0.39, 0.29) is 18.7 Å². The largest absolute Gasteiger partial charge is 0.444 e. The number of benzene rings is 1. The third-order valence-electron chi connectivity index (χ3n) is 5.30. The molecule has 0 bridgehead atoms. The molecule has 0 saturated carbocycles. The van der Waals surface area contributed by atoms with Crippen molar-refractivity contribution in [1.82, 2.24) is 15.5 Å². The number of unbranched alkanes of at least 4 members (excludes halogenated alkanes) is 1. The zero-order valence-corrected chi connectivity index (χ0v) is 21.5. The van der Waals surface area contributed by atoms with Crippen LogP contribution in [0.1, 0.15) is 76.1 Å². The van der Waals surface area contributed by atoms with E-state index in [9.17, 15) is 19.2 Å². The molecule has 0 aliphatic heterocycles. The van der Waals surface area contributed by atoms with Crippen LogP contribution in [0.25, 0.3) is 0 Å². The van der Waals surface area contributed by atoms with Crippen LogP contribution in [-0.2, 0) is 19.1 Å². The molecule has 0 radical (unpaired) electrons. The van der Waals surface area contributed by atoms with E-state index in [2.05, 4.69) is 10.6 Å². The summed E-state index contributed by atoms with van der Waals surface area (Å²) in [6.45, 7) is 11.4. The average Bonchev–Trinajstić information content (AvgIpc) is 2.71. The number of carbonyl (C=O) groups excluding carboxylic acids is 4. The van der Waals surface area contributed by atoms with Gasteiger partial charge in [0.15, 0.2) is 0 Å². The molecule has 1 aromatic rings. The number of alkyl carbamates (subject to hydrolysis) is 1. The highest BCUT2D eigenvalue weighted by atomic mass is 16.6. The maximum atomic E-state index is 13.6. The van der Waals surface area contributed by atoms with E-state index in [0.29, 0.717) is 6.54 Å². The first-order valence-electron chi connectivity index (χ1n) is 11.7. The van der Waals surface area contributed by atoms with Gasteiger partial charge in [0.25, 0.3) is 0 Å². The third-order valence-corrected chi connectivity index (χ3v) is 5.30. The maximum absolute atomic E-state index is 13.6. The van der Waals surface area contributed by atoms with Gasteiger partial charge in [-0.2, -0.15) is 0 Å². The number of likely N-dealkylation sites (N-methyl/N-ethyl adjacent to an activating group) is 1. The quantitative estimate of drug-likeness (QED) is 0.423. The summed E-state index contributed by atoms with van der Waals surface area (Å²) in [5.41, 5.74) is 6.96. The van der Waals surface area contributed by atoms with Gasteiger partial charge in [0.1, 0.15) is 17.7 Å². The number of hydrogen-bond donors (Lipinski definition) is 3. The van der Waals surface area contributed by atoms with E-state index in [1.807, 2.05) is 39.0 Å². The Morgan fingerprint density at radius 3 is 2.21 bits per heavy atom. The van der Waals surface area contributed by atoms with Crippen LogP contribution < -0.4 is 16.4 Å². The Morgan fingerprint density at radius 1 is 1.12 bits per heavy atom. The summed E-state index contributed by atoms with van der Waals surface area (Å²) in [4.78, 5) is 51.9. The van der Waals surface area contributed by atoms with E-state index >= 15 is 0 Å². The highest BCUT2D eigenvalue weighted by molar-refractivity contribution is 5.92. The van der Waals surface area contributed by atoms with Crippen LogP contribution in [-0.4, -0.2) is 54.0 Å². The van der Waals surface area contributed by atoms with Crippen molar-refractivity contribution < 1.29 is 23.9 Å². The number of ether oxygens (including phenoxy) is 1. The molecular weight excluding hydrogens is 436 g/mol. The van der Waals surface area contributed by atoms with Crippen molar-refractivity contribution in [2.45, 2.75) is 84.9 Å². The molecule has 1 aromatic carbocycles. The van der Waals surface area contributed by atoms with Crippen LogP contribution in [0.15, 0.2) is 18.2 Å². The number of nitrogens with two attached hydrogens (primary N) is 1. The summed E-state index contributed by atoms with van der Waals surface area (Å²) in [7, 11) is 1.52. The predicted molar refractivity (Wildman–Crippen MR) is 131 cm³/mol. The van der Waals surface area contributed by atoms with Gasteiger partial charge in [0.05, 0.1) is 0 Å². The first kappa shape index (κ1) is 28.9. The number of nitrogens with zero attached hydrogens (tertiary/aromatic N) is 1. The van der Waals surface area contributed by atoms with Gasteiger partial charge in [-0.15, -0.1) is 0 Å². The normalized spacial score (nSPS) is 12.9. The molecule has 2 unspecified atom stereocenters. The molecule has 0 saturated heterocycles. The predicted octanol–water partition coefficient (Wildman–Crippen LogP) is 2.88. The Kier molecular flexibility index (Phi) is 11.0. The smallest absolute Gasteiger partial charge is 0.408 e. The molecule has 4 amide bonds. The lowest BCUT2D eigenvalue weighted by Gasteiger charge is -2.33. The molecule has 0 aromatic heterocycles. The second-order valence-electron chi connectivity index (χ2n) is 9.51. The highest BCUT2D eigenvalue weighted by Gasteiger charge is 2.35. The lowest BCUT2D eigenvalue weighted by Crippen LogP contribution is -2.52. The average molecular weight is 477 g/mol. The summed E-state index contributed by atoms with van der Waals surface area (Å²) in [5, 5.41) is 5.46. The van der Waals surface area contributed by atoms with Crippen molar-refractivity contribution in [2.24, 2.45) is 5.73 Å². The van der Waals surface area contributed by atoms with Crippen molar-refractivity contribution in [3.63, 3.8) is 0 Å². The van der Waals surface area contributed by atoms with Gasteiger partial charge in [-0.25, -0.2) is 4.79 Å². The summed E-state index contributed by atoms with van der Waals surface area (Å²) >= 11 is 0. The molecule has 4 N–H and O–H groups in total. The van der Waals surface area contributed by atoms with E-state index in [4.69, 9.17) is 10.5 Å². The first-order valence-corrected chi connectivity index (χ1v) is 11.7. The zero-order valence-electron chi connectivity index (χ0n) is 21.5. The van der Waals surface area contributed by atoms with Crippen LogP contribution in [0.4, 0.5) is 4.79 Å². The summed E-state index contributed by atoms with van der Waals surface area (Å²) in [5.74, 6) is -1.44. The van der Waals surface area contributed by atoms with Gasteiger partial charge in [0, 0.05) is 20.0 Å². The van der Waals surface area contributed by atoms with Crippen molar-refractivity contribution in [3.05, 3.63) is 34.9 Å². The van der Waals surface area contributed by atoms with E-state index in [0.717, 1.165) is 29.5 Å². The van der Waals surface area contributed by atoms with E-state index < -0.39 is 35.6 Å². The number of nitrogens with one attached hydrogen (secondary N) is 2. The second kappa shape index (κ2) is 13.0. The number of primary amides is 1. The minimum Gasteiger partial charge on any atom is -0.444 e. The topological polar surface area (TPSA) is 131 Å². The molecule has 9 heteroatoms. The van der Waals surface area contributed by atoms with Gasteiger partial charge >= 0.3 is 6.09 Å². The fourth-order valence-electron chi connectivity index (χ4n) is 3.61. The number of amides is 4. The number of hydrogen-bond acceptors (Lipinski definition) is 5. The van der Waals surface area contributed by atoms with Crippen molar-refractivity contribution in [3.8, 4) is 0 Å². The Labute approximate surface area is 202 Å². The van der Waals surface area contributed by atoms with Crippen LogP contribution >= 0.6 is 0 Å². The standard InChI is InChI=1S/C25H40N4O5/c1-8-9-15-27-22(31)21(20-16(2)11-10-12-17(20)3)29(7)23(32)18(13-14-19(26)30)28-24(33)34-25(4,5)6/h10-12,18,21H,8-9,13-15H2,1-7H3,(H2,26,30)(H,27,31)(H,28,33). The van der Waals surface area contributed by atoms with Gasteiger partial charge in [0.2, 0.25) is 17.7 Å². The molecule has 9 nitrogen and oxygen atoms in total. The number of carbonyl (C=O) groups is 4. The van der Waals surface area contributed by atoms with Crippen LogP contribution in [0.5, 0.6) is 0 Å². The van der Waals surface area contributed by atoms with Crippen LogP contribution in [0, 0.1) is 13.8 Å². The summed E-state index contributed by atoms with van der Waals surface area (Å²) in [6, 6.07) is 3.65. The fourth-order valence-corrected chi connectivity index (χ4v) is 3.61. The Hall–Kier alpha value is -3.10. The first-order chi connectivity index (χ1) is 15.8. The van der Waals surface area contributed by atoms with Crippen molar-refractivity contribution in [1.29, 1.82) is 0 Å². The van der Waals surface area contributed by atoms with Crippen molar-refractivity contribution in [2.75, 3.05) is 13.6 Å². The number of rotatable bonds is 11. The molecule has 2 atom stereocenters. The van der Waals surface area contributed by atoms with Gasteiger partial charge in [-0.3, -0.25) is 14.4 Å². The fraction of sp³-hybridized carbons (Fsp3) is 0.600. The summed E-state index contributed by atoms with van der Waals surface area (Å²) < 4.78 is 5.28. The Bertz CT molecular complexity index is 858. The minimum atomic E-state index is -1.09. The van der Waals surface area contributed by atoms with Gasteiger partial charge in [-0.1, -0.05) is 31.5 Å². The van der Waals surface area contributed by atoms with Crippen LogP contribution in [0.3, 0.4) is 0 Å². The molecule has 190 valence electrons. The number of aryl methyl sites for hydroxylation is 2. The molecule has 1 rings (SSSR count). The lowest BCUT2D eigenvalue weighted by molar-refractivity contribution is -0.141. The molecule has 0 aliphatic rings. The molecule has 0 spiro atoms. The maximum Gasteiger partial charge on any atom is 0.408 e. The highest BCUT2D eigenvalue weighted by Crippen LogP contribution is 2.28. The van der Waals surface area contributed by atoms with Crippen molar-refractivity contribution >= 4 is 23.8 Å². The Morgan fingerprint density at radius 2 is 1.71 bits per heavy atom. The third kappa shape index (κ3) is 9.03. The van der Waals surface area contributed by atoms with Crippen LogP contribution in [0.2, 0.25) is 0 Å². The lowest BCUT2D eigenvalue weighted by atomic mass is 9.93. The monoisotopic (exact) mass is 476 g/mol. The second-order valence-corrected chi connectivity index (χ2v) is 9.51. The van der Waals surface area contributed by atoms with E-state index in [1.165, 1.54) is 11.9 Å². The van der Waals surface area contributed by atoms with Gasteiger partial charge in [-0.05, 0) is 64.2 Å². The molecule has 0 aliphatic carbocycles. The molecular formula is C25H40N4O5. The summed E-state index contributed by atoms with van der Waals surface area (Å²) in [6.07, 6.45) is 0.799. The van der Waals surface area contributed by atoms with Gasteiger partial charge < -0.3 is 26.0 Å². The minimum absolute atomic E-state index is 0.0192.